The molecule has 0 unspecified atom stereocenters. The molecular formula is C48H47IrN3OS-2. The summed E-state index contributed by atoms with van der Waals surface area (Å²) in [5.41, 5.74) is 12.3. The number of aromatic nitrogens is 3. The van der Waals surface area contributed by atoms with E-state index in [1.807, 2.05) is 76.4 Å². The molecule has 54 heavy (non-hydrogen) atoms. The molecule has 277 valence electrons. The van der Waals surface area contributed by atoms with E-state index >= 15 is 0 Å². The van der Waals surface area contributed by atoms with Crippen LogP contribution < -0.4 is 0 Å². The van der Waals surface area contributed by atoms with Crippen LogP contribution in [0.25, 0.3) is 65.8 Å². The number of thiazole rings is 1. The van der Waals surface area contributed by atoms with Crippen LogP contribution in [0.5, 0.6) is 0 Å². The minimum atomic E-state index is -1.61. The second-order valence-electron chi connectivity index (χ2n) is 16.0. The van der Waals surface area contributed by atoms with Gasteiger partial charge in [-0.1, -0.05) is 102 Å². The van der Waals surface area contributed by atoms with E-state index in [2.05, 4.69) is 95.1 Å². The van der Waals surface area contributed by atoms with E-state index in [0.29, 0.717) is 16.8 Å². The molecule has 0 bridgehead atoms. The summed E-state index contributed by atoms with van der Waals surface area (Å²) in [5, 5.41) is 3.09. The van der Waals surface area contributed by atoms with Crippen LogP contribution in [0.3, 0.4) is 0 Å². The van der Waals surface area contributed by atoms with Gasteiger partial charge in [0.05, 0.1) is 15.3 Å². The Balaban J connectivity index is 0.000000298. The summed E-state index contributed by atoms with van der Waals surface area (Å²) < 4.78 is 26.0. The van der Waals surface area contributed by atoms with Crippen LogP contribution in [0.2, 0.25) is 0 Å². The number of furan rings is 1. The Hall–Kier alpha value is -4.48. The Bertz CT molecular complexity index is 2620. The van der Waals surface area contributed by atoms with Gasteiger partial charge in [0.15, 0.2) is 0 Å². The zero-order valence-corrected chi connectivity index (χ0v) is 35.9. The monoisotopic (exact) mass is 908 g/mol. The van der Waals surface area contributed by atoms with Crippen molar-refractivity contribution in [1.29, 1.82) is 0 Å². The molecule has 4 aromatic heterocycles. The summed E-state index contributed by atoms with van der Waals surface area (Å²) in [5.74, 6) is 0. The summed E-state index contributed by atoms with van der Waals surface area (Å²) in [6.07, 6.45) is 1.98. The first kappa shape index (κ1) is 36.5. The number of fused-ring (bicyclic) bond motifs is 5. The summed E-state index contributed by atoms with van der Waals surface area (Å²) >= 11 is 1.71. The van der Waals surface area contributed by atoms with E-state index in [9.17, 15) is 0 Å². The third-order valence-electron chi connectivity index (χ3n) is 9.18. The summed E-state index contributed by atoms with van der Waals surface area (Å²) in [7, 11) is 0. The van der Waals surface area contributed by atoms with Crippen LogP contribution in [-0.4, -0.2) is 15.0 Å². The number of hydrogen-bond donors (Lipinski definition) is 0. The van der Waals surface area contributed by atoms with Crippen molar-refractivity contribution in [3.63, 3.8) is 0 Å². The van der Waals surface area contributed by atoms with E-state index in [1.165, 1.54) is 11.1 Å². The Labute approximate surface area is 340 Å². The van der Waals surface area contributed by atoms with Crippen LogP contribution in [0, 0.1) is 45.2 Å². The summed E-state index contributed by atoms with van der Waals surface area (Å²) in [6, 6.07) is 33.2. The molecule has 0 aliphatic carbocycles. The Morgan fingerprint density at radius 3 is 2.11 bits per heavy atom. The third-order valence-corrected chi connectivity index (χ3v) is 10.6. The smallest absolute Gasteiger partial charge is 0.148 e. The quantitative estimate of drug-likeness (QED) is 0.165. The van der Waals surface area contributed by atoms with Crippen LogP contribution >= 0.6 is 11.3 Å². The molecular weight excluding hydrogens is 859 g/mol. The standard InChI is InChI=1S/C35H35N2OS.C13H12N.Ir/c1-20-11-9-12-21(2)29(20)26-17-27(36-19-22(26)18-34(3,4)5)25-14-10-13-23-24-15-16-28-30(32(24)38-31(23)25)37-33(39-28)35(6,7)8;1-10-3-6-12(7-4-10)13-8-5-11(2)9-14-13;/h9-13,15-17,19H,18H2,1-8H3;3-6,8-9H,1-2H3;/q2*-1;/i18D2;;. The second kappa shape index (κ2) is 15.3. The second-order valence-corrected chi connectivity index (χ2v) is 17.0. The molecule has 6 heteroatoms. The molecule has 4 heterocycles. The zero-order chi connectivity index (χ0) is 39.4. The number of benzene rings is 4. The van der Waals surface area contributed by atoms with Gasteiger partial charge in [-0.3, -0.25) is 0 Å². The van der Waals surface area contributed by atoms with Gasteiger partial charge in [0.2, 0.25) is 0 Å². The van der Waals surface area contributed by atoms with Gasteiger partial charge >= 0.3 is 0 Å². The average molecular weight is 908 g/mol. The molecule has 0 N–H and O–H groups in total. The minimum absolute atomic E-state index is 0. The van der Waals surface area contributed by atoms with Gasteiger partial charge in [-0.05, 0) is 83.4 Å². The van der Waals surface area contributed by atoms with Crippen LogP contribution in [-0.2, 0) is 31.9 Å². The van der Waals surface area contributed by atoms with E-state index < -0.39 is 11.8 Å². The van der Waals surface area contributed by atoms with Gasteiger partial charge in [-0.25, -0.2) is 4.98 Å². The van der Waals surface area contributed by atoms with Gasteiger partial charge in [0, 0.05) is 46.0 Å². The Morgan fingerprint density at radius 1 is 0.759 bits per heavy atom. The molecule has 4 aromatic carbocycles. The number of pyridine rings is 2. The maximum Gasteiger partial charge on any atom is 0.148 e. The molecule has 0 saturated carbocycles. The topological polar surface area (TPSA) is 51.8 Å². The van der Waals surface area contributed by atoms with Crippen molar-refractivity contribution in [3.8, 4) is 33.6 Å². The number of nitrogens with zero attached hydrogens (tertiary/aromatic N) is 3. The first-order valence-electron chi connectivity index (χ1n) is 19.1. The van der Waals surface area contributed by atoms with Crippen molar-refractivity contribution in [3.05, 3.63) is 136 Å². The van der Waals surface area contributed by atoms with Gasteiger partial charge in [0.25, 0.3) is 0 Å². The van der Waals surface area contributed by atoms with Crippen molar-refractivity contribution in [1.82, 2.24) is 15.0 Å². The molecule has 1 radical (unpaired) electrons. The van der Waals surface area contributed by atoms with E-state index in [4.69, 9.17) is 17.1 Å². The molecule has 8 rings (SSSR count). The first-order valence-corrected chi connectivity index (χ1v) is 18.9. The van der Waals surface area contributed by atoms with Gasteiger partial charge in [-0.2, -0.15) is 0 Å². The maximum atomic E-state index is 9.15. The Kier molecular flexibility index (Phi) is 10.4. The molecule has 0 spiro atoms. The van der Waals surface area contributed by atoms with Crippen LogP contribution in [0.4, 0.5) is 0 Å². The molecule has 0 atom stereocenters. The molecule has 8 aromatic rings. The fraction of sp³-hybridized carbons (Fsp3) is 0.271. The van der Waals surface area contributed by atoms with Crippen molar-refractivity contribution in [2.24, 2.45) is 5.41 Å². The minimum Gasteiger partial charge on any atom is -0.498 e. The molecule has 0 amide bonds. The van der Waals surface area contributed by atoms with E-state index in [0.717, 1.165) is 70.7 Å². The molecule has 0 aliphatic heterocycles. The summed E-state index contributed by atoms with van der Waals surface area (Å²) in [6.45, 7) is 20.6. The molecule has 4 nitrogen and oxygen atoms in total. The largest absolute Gasteiger partial charge is 0.498 e. The van der Waals surface area contributed by atoms with Crippen molar-refractivity contribution in [2.45, 2.75) is 81.0 Å². The Morgan fingerprint density at radius 2 is 1.46 bits per heavy atom. The fourth-order valence-corrected chi connectivity index (χ4v) is 7.55. The van der Waals surface area contributed by atoms with E-state index in [1.54, 1.807) is 17.5 Å². The van der Waals surface area contributed by atoms with Gasteiger partial charge in [0.1, 0.15) is 11.1 Å². The maximum absolute atomic E-state index is 9.15. The van der Waals surface area contributed by atoms with Gasteiger partial charge in [-0.15, -0.1) is 64.9 Å². The average Bonchev–Trinajstić information content (AvgIpc) is 3.75. The molecule has 0 aliphatic rings. The molecule has 0 fully saturated rings. The number of aryl methyl sites for hydroxylation is 4. The van der Waals surface area contributed by atoms with Crippen molar-refractivity contribution in [2.75, 3.05) is 0 Å². The van der Waals surface area contributed by atoms with Crippen LogP contribution in [0.15, 0.2) is 95.7 Å². The van der Waals surface area contributed by atoms with Crippen LogP contribution in [0.1, 0.15) is 77.1 Å². The SMILES string of the molecule is Cc1c[c-]c(-c2ccc(C)cn2)cc1.[2H]C([2H])(c1cnc(-c2[c-]ccc3c2oc2c3ccc3sc(C(C)(C)C)nc32)cc1-c1c(C)cccc1C)C(C)(C)C.[Ir]. The van der Waals surface area contributed by atoms with Crippen molar-refractivity contribution < 1.29 is 27.3 Å². The third kappa shape index (κ3) is 8.12. The molecule has 0 saturated heterocycles. The van der Waals surface area contributed by atoms with Crippen molar-refractivity contribution >= 4 is 43.5 Å². The zero-order valence-electron chi connectivity index (χ0n) is 34.7. The normalized spacial score (nSPS) is 12.6. The van der Waals surface area contributed by atoms with Gasteiger partial charge < -0.3 is 14.4 Å². The number of hydrogen-bond acceptors (Lipinski definition) is 5. The predicted molar refractivity (Wildman–Crippen MR) is 224 cm³/mol. The fourth-order valence-electron chi connectivity index (χ4n) is 6.53. The first-order chi connectivity index (χ1) is 25.9. The predicted octanol–water partition coefficient (Wildman–Crippen LogP) is 13.4. The van der Waals surface area contributed by atoms with E-state index in [-0.39, 0.29) is 25.5 Å². The number of rotatable bonds is 4. The summed E-state index contributed by atoms with van der Waals surface area (Å²) in [4.78, 5) is 14.2.